The van der Waals surface area contributed by atoms with Gasteiger partial charge in [0.05, 0.1) is 19.3 Å². The third-order valence-electron chi connectivity index (χ3n) is 2.38. The zero-order valence-corrected chi connectivity index (χ0v) is 6.38. The molecule has 2 aliphatic rings. The number of nitrogens with zero attached hydrogens (tertiary/aromatic N) is 1. The molecule has 2 saturated heterocycles. The molecular weight excluding hydrogens is 144 g/mol. The lowest BCUT2D eigenvalue weighted by atomic mass is 9.89. The van der Waals surface area contributed by atoms with Crippen molar-refractivity contribution in [3.8, 4) is 0 Å². The predicted molar refractivity (Wildman–Crippen MR) is 37.7 cm³/mol. The van der Waals surface area contributed by atoms with Gasteiger partial charge in [-0.3, -0.25) is 0 Å². The average Bonchev–Trinajstić information content (AvgIpc) is 2.02. The molecule has 2 heterocycles. The lowest BCUT2D eigenvalue weighted by Gasteiger charge is -2.45. The van der Waals surface area contributed by atoms with Crippen molar-refractivity contribution in [1.82, 2.24) is 0 Å². The van der Waals surface area contributed by atoms with Crippen LogP contribution in [0.1, 0.15) is 12.8 Å². The minimum atomic E-state index is -0.0620. The Morgan fingerprint density at radius 1 is 1.45 bits per heavy atom. The van der Waals surface area contributed by atoms with Crippen molar-refractivity contribution in [2.75, 3.05) is 19.8 Å². The van der Waals surface area contributed by atoms with Gasteiger partial charge in [-0.05, 0) is 6.42 Å². The van der Waals surface area contributed by atoms with Crippen LogP contribution in [0.2, 0.25) is 0 Å². The number of nitrogens with one attached hydrogen (secondary N) is 1. The zero-order chi connectivity index (χ0) is 7.73. The Morgan fingerprint density at radius 3 is 2.82 bits per heavy atom. The van der Waals surface area contributed by atoms with Crippen molar-refractivity contribution in [3.63, 3.8) is 0 Å². The van der Waals surface area contributed by atoms with Crippen molar-refractivity contribution >= 4 is 0 Å². The molecule has 0 saturated carbocycles. The van der Waals surface area contributed by atoms with E-state index in [1.165, 1.54) is 0 Å². The van der Waals surface area contributed by atoms with Crippen LogP contribution >= 0.6 is 0 Å². The largest absolute Gasteiger partial charge is 0.375 e. The summed E-state index contributed by atoms with van der Waals surface area (Å²) in [5, 5.41) is 3.54. The molecule has 2 rings (SSSR count). The van der Waals surface area contributed by atoms with E-state index in [9.17, 15) is 0 Å². The van der Waals surface area contributed by atoms with Crippen LogP contribution in [0.3, 0.4) is 0 Å². The van der Waals surface area contributed by atoms with E-state index in [4.69, 9.17) is 15.0 Å². The molecule has 62 valence electrons. The normalized spacial score (nSPS) is 34.7. The van der Waals surface area contributed by atoms with Gasteiger partial charge in [0.1, 0.15) is 5.60 Å². The van der Waals surface area contributed by atoms with Gasteiger partial charge in [-0.15, -0.1) is 0 Å². The van der Waals surface area contributed by atoms with Gasteiger partial charge in [0.15, 0.2) is 0 Å². The Kier molecular flexibility index (Phi) is 1.65. The van der Waals surface area contributed by atoms with E-state index in [0.29, 0.717) is 13.2 Å². The van der Waals surface area contributed by atoms with Gasteiger partial charge in [-0.1, -0.05) is 0 Å². The molecule has 0 bridgehead atoms. The summed E-state index contributed by atoms with van der Waals surface area (Å²) in [6.07, 6.45) is 1.77. The molecular formula is C7H12N2O2. The van der Waals surface area contributed by atoms with Crippen LogP contribution in [0.25, 0.3) is 0 Å². The summed E-state index contributed by atoms with van der Waals surface area (Å²) < 4.78 is 10.6. The van der Waals surface area contributed by atoms with E-state index in [1.54, 1.807) is 0 Å². The molecule has 4 heteroatoms. The molecule has 2 fully saturated rings. The van der Waals surface area contributed by atoms with Crippen LogP contribution in [-0.4, -0.2) is 31.5 Å². The molecule has 1 spiro atoms. The lowest BCUT2D eigenvalue weighted by Crippen LogP contribution is -2.56. The van der Waals surface area contributed by atoms with E-state index >= 15 is 0 Å². The third-order valence-corrected chi connectivity index (χ3v) is 2.38. The minimum Gasteiger partial charge on any atom is -0.375 e. The molecule has 1 atom stereocenters. The summed E-state index contributed by atoms with van der Waals surface area (Å²) in [6, 6.07) is 0.174. The van der Waals surface area contributed by atoms with Crippen LogP contribution in [0.4, 0.5) is 0 Å². The van der Waals surface area contributed by atoms with Crippen LogP contribution in [0.15, 0.2) is 5.11 Å². The maximum Gasteiger partial charge on any atom is 0.117 e. The SMILES string of the molecule is N=NC1CCOC2(COC2)C1. The van der Waals surface area contributed by atoms with Gasteiger partial charge in [0.25, 0.3) is 0 Å². The zero-order valence-electron chi connectivity index (χ0n) is 6.38. The maximum atomic E-state index is 6.90. The fourth-order valence-electron chi connectivity index (χ4n) is 1.64. The van der Waals surface area contributed by atoms with E-state index in [1.807, 2.05) is 0 Å². The second kappa shape index (κ2) is 2.53. The molecule has 4 nitrogen and oxygen atoms in total. The molecule has 1 unspecified atom stereocenters. The maximum absolute atomic E-state index is 6.90. The Balaban J connectivity index is 1.97. The quantitative estimate of drug-likeness (QED) is 0.575. The van der Waals surface area contributed by atoms with Crippen molar-refractivity contribution in [2.45, 2.75) is 24.5 Å². The van der Waals surface area contributed by atoms with Gasteiger partial charge < -0.3 is 9.47 Å². The number of hydrogen-bond donors (Lipinski definition) is 1. The highest BCUT2D eigenvalue weighted by Crippen LogP contribution is 2.32. The van der Waals surface area contributed by atoms with Crippen molar-refractivity contribution in [3.05, 3.63) is 0 Å². The van der Waals surface area contributed by atoms with Crippen molar-refractivity contribution < 1.29 is 9.47 Å². The summed E-state index contributed by atoms with van der Waals surface area (Å²) in [6.45, 7) is 2.12. The van der Waals surface area contributed by atoms with Gasteiger partial charge in [0.2, 0.25) is 0 Å². The fourth-order valence-corrected chi connectivity index (χ4v) is 1.64. The number of ether oxygens (including phenoxy) is 2. The average molecular weight is 156 g/mol. The molecule has 0 aliphatic carbocycles. The first-order valence-electron chi connectivity index (χ1n) is 3.93. The molecule has 0 aromatic carbocycles. The fraction of sp³-hybridized carbons (Fsp3) is 1.00. The van der Waals surface area contributed by atoms with Crippen LogP contribution in [0, 0.1) is 5.53 Å². The van der Waals surface area contributed by atoms with E-state index < -0.39 is 0 Å². The second-order valence-electron chi connectivity index (χ2n) is 3.30. The summed E-state index contributed by atoms with van der Waals surface area (Å²) in [4.78, 5) is 0. The predicted octanol–water partition coefficient (Wildman–Crippen LogP) is 0.965. The first kappa shape index (κ1) is 7.18. The monoisotopic (exact) mass is 156 g/mol. The molecule has 0 radical (unpaired) electrons. The highest BCUT2D eigenvalue weighted by molar-refractivity contribution is 4.94. The van der Waals surface area contributed by atoms with Crippen LogP contribution in [-0.2, 0) is 9.47 Å². The van der Waals surface area contributed by atoms with Gasteiger partial charge in [-0.25, -0.2) is 5.53 Å². The van der Waals surface area contributed by atoms with Crippen LogP contribution < -0.4 is 0 Å². The second-order valence-corrected chi connectivity index (χ2v) is 3.30. The Morgan fingerprint density at radius 2 is 2.27 bits per heavy atom. The lowest BCUT2D eigenvalue weighted by molar-refractivity contribution is -0.228. The van der Waals surface area contributed by atoms with E-state index in [2.05, 4.69) is 5.11 Å². The van der Waals surface area contributed by atoms with Gasteiger partial charge in [-0.2, -0.15) is 5.11 Å². The molecule has 2 aliphatic heterocycles. The van der Waals surface area contributed by atoms with Crippen molar-refractivity contribution in [2.24, 2.45) is 5.11 Å². The highest BCUT2D eigenvalue weighted by Gasteiger charge is 2.44. The minimum absolute atomic E-state index is 0.0620. The van der Waals surface area contributed by atoms with Crippen molar-refractivity contribution in [1.29, 1.82) is 5.53 Å². The topological polar surface area (TPSA) is 54.7 Å². The molecule has 0 aromatic heterocycles. The van der Waals surface area contributed by atoms with E-state index in [0.717, 1.165) is 19.4 Å². The van der Waals surface area contributed by atoms with E-state index in [-0.39, 0.29) is 11.6 Å². The molecule has 1 N–H and O–H groups in total. The molecule has 0 amide bonds. The summed E-state index contributed by atoms with van der Waals surface area (Å²) in [5.74, 6) is 0. The third kappa shape index (κ3) is 1.16. The Labute approximate surface area is 65.4 Å². The highest BCUT2D eigenvalue weighted by atomic mass is 16.6. The Hall–Kier alpha value is -0.480. The summed E-state index contributed by atoms with van der Waals surface area (Å²) >= 11 is 0. The van der Waals surface area contributed by atoms with Gasteiger partial charge in [0, 0.05) is 13.0 Å². The molecule has 11 heavy (non-hydrogen) atoms. The molecule has 0 aromatic rings. The van der Waals surface area contributed by atoms with Crippen LogP contribution in [0.5, 0.6) is 0 Å². The first-order chi connectivity index (χ1) is 5.35. The van der Waals surface area contributed by atoms with Gasteiger partial charge >= 0.3 is 0 Å². The summed E-state index contributed by atoms with van der Waals surface area (Å²) in [7, 11) is 0. The Bertz CT molecular complexity index is 168. The number of hydrogen-bond acceptors (Lipinski definition) is 4. The number of rotatable bonds is 1. The standard InChI is InChI=1S/C7H12N2O2/c8-9-6-1-2-11-7(3-6)4-10-5-7/h6,8H,1-5H2. The summed E-state index contributed by atoms with van der Waals surface area (Å²) in [5.41, 5.74) is 6.84. The smallest absolute Gasteiger partial charge is 0.117 e. The first-order valence-corrected chi connectivity index (χ1v) is 3.93.